The van der Waals surface area contributed by atoms with E-state index in [1.54, 1.807) is 11.3 Å². The van der Waals surface area contributed by atoms with Gasteiger partial charge in [-0.3, -0.25) is 0 Å². The first-order chi connectivity index (χ1) is 6.93. The molecule has 86 valence electrons. The SMILES string of the molecule is CC(CN)SCc1csc(C(C)(C)C)n1. The Balaban J connectivity index is 2.54. The number of aromatic nitrogens is 1. The molecule has 1 unspecified atom stereocenters. The highest BCUT2D eigenvalue weighted by Crippen LogP contribution is 2.27. The third-order valence-electron chi connectivity index (χ3n) is 2.04. The summed E-state index contributed by atoms with van der Waals surface area (Å²) in [5, 5.41) is 3.90. The van der Waals surface area contributed by atoms with Gasteiger partial charge >= 0.3 is 0 Å². The van der Waals surface area contributed by atoms with Crippen molar-refractivity contribution in [3.8, 4) is 0 Å². The standard InChI is InChI=1S/C11H20N2S2/c1-8(5-12)14-6-9-7-15-10(13-9)11(2,3)4/h7-8H,5-6,12H2,1-4H3. The molecule has 0 aromatic carbocycles. The van der Waals surface area contributed by atoms with Crippen LogP contribution in [0.2, 0.25) is 0 Å². The highest BCUT2D eigenvalue weighted by molar-refractivity contribution is 7.99. The van der Waals surface area contributed by atoms with E-state index in [-0.39, 0.29) is 5.41 Å². The second-order valence-corrected chi connectivity index (χ2v) is 7.04. The predicted octanol–water partition coefficient (Wildman–Crippen LogP) is 3.02. The number of hydrogen-bond acceptors (Lipinski definition) is 4. The van der Waals surface area contributed by atoms with E-state index < -0.39 is 0 Å². The van der Waals surface area contributed by atoms with Crippen molar-refractivity contribution in [3.63, 3.8) is 0 Å². The fourth-order valence-corrected chi connectivity index (χ4v) is 2.77. The maximum Gasteiger partial charge on any atom is 0.0982 e. The van der Waals surface area contributed by atoms with Crippen molar-refractivity contribution in [2.75, 3.05) is 6.54 Å². The average Bonchev–Trinajstić information content (AvgIpc) is 2.61. The number of thiazole rings is 1. The molecule has 0 fully saturated rings. The molecule has 0 aliphatic carbocycles. The van der Waals surface area contributed by atoms with Gasteiger partial charge in [-0.2, -0.15) is 11.8 Å². The predicted molar refractivity (Wildman–Crippen MR) is 70.6 cm³/mol. The lowest BCUT2D eigenvalue weighted by atomic mass is 9.98. The number of hydrogen-bond donors (Lipinski definition) is 1. The summed E-state index contributed by atoms with van der Waals surface area (Å²) < 4.78 is 0. The summed E-state index contributed by atoms with van der Waals surface area (Å²) in [4.78, 5) is 4.64. The number of thioether (sulfide) groups is 1. The van der Waals surface area contributed by atoms with Crippen molar-refractivity contribution in [1.82, 2.24) is 4.98 Å². The third kappa shape index (κ3) is 4.13. The zero-order chi connectivity index (χ0) is 11.5. The Labute approximate surface area is 101 Å². The average molecular weight is 244 g/mol. The van der Waals surface area contributed by atoms with Crippen LogP contribution in [0.3, 0.4) is 0 Å². The molecule has 0 radical (unpaired) electrons. The van der Waals surface area contributed by atoms with E-state index >= 15 is 0 Å². The zero-order valence-corrected chi connectivity index (χ0v) is 11.5. The summed E-state index contributed by atoms with van der Waals surface area (Å²) in [5.41, 5.74) is 6.94. The Bertz CT molecular complexity index is 302. The van der Waals surface area contributed by atoms with Gasteiger partial charge in [-0.05, 0) is 0 Å². The van der Waals surface area contributed by atoms with E-state index in [2.05, 4.69) is 38.1 Å². The lowest BCUT2D eigenvalue weighted by Gasteiger charge is -2.13. The Hall–Kier alpha value is -0.0600. The van der Waals surface area contributed by atoms with Crippen LogP contribution in [0.4, 0.5) is 0 Å². The van der Waals surface area contributed by atoms with Gasteiger partial charge < -0.3 is 5.73 Å². The van der Waals surface area contributed by atoms with Crippen molar-refractivity contribution in [2.45, 2.75) is 44.1 Å². The van der Waals surface area contributed by atoms with E-state index in [1.807, 2.05) is 11.8 Å². The number of nitrogens with two attached hydrogens (primary N) is 1. The van der Waals surface area contributed by atoms with Crippen molar-refractivity contribution in [2.24, 2.45) is 5.73 Å². The van der Waals surface area contributed by atoms with Crippen LogP contribution < -0.4 is 5.73 Å². The smallest absolute Gasteiger partial charge is 0.0982 e. The van der Waals surface area contributed by atoms with Crippen molar-refractivity contribution in [3.05, 3.63) is 16.1 Å². The molecule has 1 heterocycles. The summed E-state index contributed by atoms with van der Waals surface area (Å²) in [6.45, 7) is 9.49. The van der Waals surface area contributed by atoms with E-state index in [0.29, 0.717) is 5.25 Å². The van der Waals surface area contributed by atoms with Crippen LogP contribution in [0.15, 0.2) is 5.38 Å². The Morgan fingerprint density at radius 1 is 1.53 bits per heavy atom. The first-order valence-corrected chi connectivity index (χ1v) is 7.13. The molecule has 0 aliphatic rings. The van der Waals surface area contributed by atoms with Crippen LogP contribution in [0.5, 0.6) is 0 Å². The molecular formula is C11H20N2S2. The summed E-state index contributed by atoms with van der Waals surface area (Å²) in [5.74, 6) is 0.977. The molecule has 1 rings (SSSR count). The lowest BCUT2D eigenvalue weighted by molar-refractivity contribution is 0.584. The molecule has 4 heteroatoms. The van der Waals surface area contributed by atoms with Gasteiger partial charge in [0.05, 0.1) is 10.7 Å². The van der Waals surface area contributed by atoms with Crippen LogP contribution in [0.1, 0.15) is 38.4 Å². The van der Waals surface area contributed by atoms with Crippen LogP contribution in [0, 0.1) is 0 Å². The van der Waals surface area contributed by atoms with E-state index in [0.717, 1.165) is 12.3 Å². The first kappa shape index (κ1) is 13.0. The topological polar surface area (TPSA) is 38.9 Å². The molecule has 0 saturated carbocycles. The fourth-order valence-electron chi connectivity index (χ4n) is 1.01. The van der Waals surface area contributed by atoms with Gasteiger partial charge in [-0.15, -0.1) is 11.3 Å². The van der Waals surface area contributed by atoms with Crippen LogP contribution in [-0.2, 0) is 11.2 Å². The number of nitrogens with zero attached hydrogens (tertiary/aromatic N) is 1. The highest BCUT2D eigenvalue weighted by Gasteiger charge is 2.17. The Morgan fingerprint density at radius 3 is 2.67 bits per heavy atom. The van der Waals surface area contributed by atoms with Crippen LogP contribution in [0.25, 0.3) is 0 Å². The van der Waals surface area contributed by atoms with Crippen LogP contribution in [-0.4, -0.2) is 16.8 Å². The molecule has 0 amide bonds. The molecule has 0 aliphatic heterocycles. The normalized spacial score (nSPS) is 14.2. The molecule has 2 N–H and O–H groups in total. The summed E-state index contributed by atoms with van der Waals surface area (Å²) >= 11 is 3.63. The van der Waals surface area contributed by atoms with Gasteiger partial charge in [0.2, 0.25) is 0 Å². The highest BCUT2D eigenvalue weighted by atomic mass is 32.2. The first-order valence-electron chi connectivity index (χ1n) is 5.20. The zero-order valence-electron chi connectivity index (χ0n) is 9.91. The van der Waals surface area contributed by atoms with Crippen molar-refractivity contribution in [1.29, 1.82) is 0 Å². The minimum absolute atomic E-state index is 0.174. The maximum absolute atomic E-state index is 5.57. The molecule has 1 atom stereocenters. The van der Waals surface area contributed by atoms with E-state index in [1.165, 1.54) is 10.7 Å². The molecule has 1 aromatic rings. The van der Waals surface area contributed by atoms with Gasteiger partial charge in [-0.25, -0.2) is 4.98 Å². The largest absolute Gasteiger partial charge is 0.329 e. The molecule has 0 saturated heterocycles. The Morgan fingerprint density at radius 2 is 2.20 bits per heavy atom. The van der Waals surface area contributed by atoms with Crippen molar-refractivity contribution >= 4 is 23.1 Å². The van der Waals surface area contributed by atoms with Gasteiger partial charge in [0.1, 0.15) is 0 Å². The molecule has 2 nitrogen and oxygen atoms in total. The quantitative estimate of drug-likeness (QED) is 0.885. The van der Waals surface area contributed by atoms with Gasteiger partial charge in [-0.1, -0.05) is 27.7 Å². The van der Waals surface area contributed by atoms with Gasteiger partial charge in [0.25, 0.3) is 0 Å². The van der Waals surface area contributed by atoms with Gasteiger partial charge in [0.15, 0.2) is 0 Å². The second-order valence-electron chi connectivity index (χ2n) is 4.75. The Kier molecular flexibility index (Phi) is 4.62. The molecule has 1 aromatic heterocycles. The summed E-state index contributed by atoms with van der Waals surface area (Å²) in [6.07, 6.45) is 0. The lowest BCUT2D eigenvalue weighted by Crippen LogP contribution is -2.13. The van der Waals surface area contributed by atoms with Crippen LogP contribution >= 0.6 is 23.1 Å². The molecule has 15 heavy (non-hydrogen) atoms. The minimum atomic E-state index is 0.174. The molecular weight excluding hydrogens is 224 g/mol. The second kappa shape index (κ2) is 5.32. The van der Waals surface area contributed by atoms with E-state index in [9.17, 15) is 0 Å². The molecule has 0 bridgehead atoms. The number of rotatable bonds is 4. The van der Waals surface area contributed by atoms with E-state index in [4.69, 9.17) is 5.73 Å². The van der Waals surface area contributed by atoms with Crippen molar-refractivity contribution < 1.29 is 0 Å². The third-order valence-corrected chi connectivity index (χ3v) is 4.58. The monoisotopic (exact) mass is 244 g/mol. The summed E-state index contributed by atoms with van der Waals surface area (Å²) in [6, 6.07) is 0. The fraction of sp³-hybridized carbons (Fsp3) is 0.727. The maximum atomic E-state index is 5.57. The molecule has 0 spiro atoms. The summed E-state index contributed by atoms with van der Waals surface area (Å²) in [7, 11) is 0. The minimum Gasteiger partial charge on any atom is -0.329 e. The van der Waals surface area contributed by atoms with Gasteiger partial charge in [0, 0.05) is 28.3 Å².